The van der Waals surface area contributed by atoms with Gasteiger partial charge < -0.3 is 11.1 Å². The zero-order valence-electron chi connectivity index (χ0n) is 12.1. The fraction of sp³-hybridized carbons (Fsp3) is 0.0588. The molecule has 6 heteroatoms. The minimum absolute atomic E-state index is 0.159. The quantitative estimate of drug-likeness (QED) is 0.694. The van der Waals surface area contributed by atoms with E-state index in [1.165, 1.54) is 28.5 Å². The predicted octanol–water partition coefficient (Wildman–Crippen LogP) is 3.73. The molecule has 0 unspecified atom stereocenters. The van der Waals surface area contributed by atoms with Crippen molar-refractivity contribution in [1.29, 1.82) is 0 Å². The van der Waals surface area contributed by atoms with E-state index in [1.807, 2.05) is 30.3 Å². The fourth-order valence-electron chi connectivity index (χ4n) is 2.17. The number of thioether (sulfide) groups is 1. The largest absolute Gasteiger partial charge is 0.366 e. The lowest BCUT2D eigenvalue weighted by atomic mass is 10.1. The standard InChI is InChI=1S/C17H14N2O2S2/c18-16(21)14-7-8-22-17(14)19-15(20)10-23-13-6-5-11-3-1-2-4-12(11)9-13/h1-9H,10H2,(H2,18,21)(H,19,20). The Morgan fingerprint density at radius 3 is 2.65 bits per heavy atom. The summed E-state index contributed by atoms with van der Waals surface area (Å²) in [7, 11) is 0. The zero-order chi connectivity index (χ0) is 16.2. The fourth-order valence-corrected chi connectivity index (χ4v) is 3.72. The number of rotatable bonds is 5. The van der Waals surface area contributed by atoms with Gasteiger partial charge >= 0.3 is 0 Å². The highest BCUT2D eigenvalue weighted by Crippen LogP contribution is 2.25. The van der Waals surface area contributed by atoms with E-state index in [0.717, 1.165) is 10.3 Å². The third kappa shape index (κ3) is 3.72. The van der Waals surface area contributed by atoms with E-state index in [-0.39, 0.29) is 11.7 Å². The number of fused-ring (bicyclic) bond motifs is 1. The summed E-state index contributed by atoms with van der Waals surface area (Å²) in [5.74, 6) is -0.425. The highest BCUT2D eigenvalue weighted by atomic mass is 32.2. The number of nitrogens with one attached hydrogen (secondary N) is 1. The lowest BCUT2D eigenvalue weighted by Crippen LogP contribution is -2.17. The Kier molecular flexibility index (Phi) is 4.64. The van der Waals surface area contributed by atoms with E-state index < -0.39 is 5.91 Å². The van der Waals surface area contributed by atoms with Crippen LogP contribution in [0.25, 0.3) is 10.8 Å². The van der Waals surface area contributed by atoms with Crippen molar-refractivity contribution < 1.29 is 9.59 Å². The number of amides is 2. The van der Waals surface area contributed by atoms with Gasteiger partial charge in [0.1, 0.15) is 5.00 Å². The zero-order valence-corrected chi connectivity index (χ0v) is 13.7. The average Bonchev–Trinajstić information content (AvgIpc) is 3.01. The summed E-state index contributed by atoms with van der Waals surface area (Å²) in [4.78, 5) is 24.3. The molecule has 1 heterocycles. The van der Waals surface area contributed by atoms with E-state index >= 15 is 0 Å². The van der Waals surface area contributed by atoms with Crippen molar-refractivity contribution in [2.75, 3.05) is 11.1 Å². The van der Waals surface area contributed by atoms with Crippen LogP contribution >= 0.6 is 23.1 Å². The van der Waals surface area contributed by atoms with Crippen molar-refractivity contribution in [3.05, 3.63) is 59.5 Å². The first-order valence-electron chi connectivity index (χ1n) is 6.92. The maximum absolute atomic E-state index is 12.0. The third-order valence-electron chi connectivity index (χ3n) is 3.27. The molecule has 0 bridgehead atoms. The molecule has 3 aromatic rings. The number of nitrogens with two attached hydrogens (primary N) is 1. The topological polar surface area (TPSA) is 72.2 Å². The van der Waals surface area contributed by atoms with Crippen LogP contribution in [0.5, 0.6) is 0 Å². The van der Waals surface area contributed by atoms with Gasteiger partial charge in [-0.2, -0.15) is 0 Å². The molecule has 3 rings (SSSR count). The molecule has 3 N–H and O–H groups in total. The number of thiophene rings is 1. The average molecular weight is 342 g/mol. The van der Waals surface area contributed by atoms with Crippen LogP contribution in [0, 0.1) is 0 Å². The number of hydrogen-bond acceptors (Lipinski definition) is 4. The van der Waals surface area contributed by atoms with Crippen LogP contribution in [0.4, 0.5) is 5.00 Å². The lowest BCUT2D eigenvalue weighted by Gasteiger charge is -2.05. The molecule has 0 spiro atoms. The molecule has 2 amide bonds. The van der Waals surface area contributed by atoms with Gasteiger partial charge in [-0.25, -0.2) is 0 Å². The van der Waals surface area contributed by atoms with Crippen molar-refractivity contribution >= 4 is 50.7 Å². The van der Waals surface area contributed by atoms with Gasteiger partial charge in [0.2, 0.25) is 5.91 Å². The first-order chi connectivity index (χ1) is 11.1. The van der Waals surface area contributed by atoms with Gasteiger partial charge in [-0.05, 0) is 34.4 Å². The summed E-state index contributed by atoms with van der Waals surface area (Å²) >= 11 is 2.74. The van der Waals surface area contributed by atoms with Gasteiger partial charge in [0.25, 0.3) is 5.91 Å². The van der Waals surface area contributed by atoms with Crippen molar-refractivity contribution in [2.24, 2.45) is 5.73 Å². The van der Waals surface area contributed by atoms with Crippen LogP contribution in [0.15, 0.2) is 58.8 Å². The number of carbonyl (C=O) groups is 2. The molecule has 0 radical (unpaired) electrons. The van der Waals surface area contributed by atoms with Gasteiger partial charge in [-0.15, -0.1) is 23.1 Å². The van der Waals surface area contributed by atoms with Crippen molar-refractivity contribution in [2.45, 2.75) is 4.90 Å². The summed E-state index contributed by atoms with van der Waals surface area (Å²) in [5.41, 5.74) is 5.61. The Balaban J connectivity index is 1.63. The van der Waals surface area contributed by atoms with Crippen LogP contribution in [0.1, 0.15) is 10.4 Å². The Morgan fingerprint density at radius 1 is 1.09 bits per heavy atom. The molecule has 0 fully saturated rings. The second kappa shape index (κ2) is 6.85. The van der Waals surface area contributed by atoms with E-state index in [2.05, 4.69) is 17.4 Å². The van der Waals surface area contributed by atoms with Crippen molar-refractivity contribution in [3.63, 3.8) is 0 Å². The summed E-state index contributed by atoms with van der Waals surface area (Å²) in [6.45, 7) is 0. The monoisotopic (exact) mass is 342 g/mol. The van der Waals surface area contributed by atoms with Gasteiger partial charge in [0.15, 0.2) is 0 Å². The van der Waals surface area contributed by atoms with E-state index in [9.17, 15) is 9.59 Å². The molecule has 2 aromatic carbocycles. The molecular formula is C17H14N2O2S2. The molecule has 116 valence electrons. The van der Waals surface area contributed by atoms with Gasteiger partial charge in [0, 0.05) is 4.90 Å². The number of primary amides is 1. The van der Waals surface area contributed by atoms with E-state index in [0.29, 0.717) is 10.6 Å². The molecule has 4 nitrogen and oxygen atoms in total. The molecule has 0 atom stereocenters. The number of carbonyl (C=O) groups excluding carboxylic acids is 2. The normalized spacial score (nSPS) is 10.6. The maximum Gasteiger partial charge on any atom is 0.251 e. The molecule has 0 aliphatic heterocycles. The first kappa shape index (κ1) is 15.6. The van der Waals surface area contributed by atoms with Crippen LogP contribution in [-0.2, 0) is 4.79 Å². The minimum atomic E-state index is -0.538. The Morgan fingerprint density at radius 2 is 1.87 bits per heavy atom. The molecule has 1 aromatic heterocycles. The number of benzene rings is 2. The molecular weight excluding hydrogens is 328 g/mol. The van der Waals surface area contributed by atoms with Crippen LogP contribution < -0.4 is 11.1 Å². The lowest BCUT2D eigenvalue weighted by molar-refractivity contribution is -0.113. The third-order valence-corrected chi connectivity index (χ3v) is 5.10. The first-order valence-corrected chi connectivity index (χ1v) is 8.79. The van der Waals surface area contributed by atoms with Gasteiger partial charge in [-0.1, -0.05) is 30.3 Å². The molecule has 0 saturated carbocycles. The highest BCUT2D eigenvalue weighted by Gasteiger charge is 2.12. The van der Waals surface area contributed by atoms with E-state index in [1.54, 1.807) is 11.4 Å². The number of anilines is 1. The summed E-state index contributed by atoms with van der Waals surface area (Å²) < 4.78 is 0. The van der Waals surface area contributed by atoms with Crippen LogP contribution in [0.2, 0.25) is 0 Å². The second-order valence-corrected chi connectivity index (χ2v) is 6.84. The van der Waals surface area contributed by atoms with Crippen molar-refractivity contribution in [1.82, 2.24) is 0 Å². The molecule has 0 saturated heterocycles. The highest BCUT2D eigenvalue weighted by molar-refractivity contribution is 8.00. The SMILES string of the molecule is NC(=O)c1ccsc1NC(=O)CSc1ccc2ccccc2c1. The number of hydrogen-bond donors (Lipinski definition) is 2. The Hall–Kier alpha value is -2.31. The van der Waals surface area contributed by atoms with Crippen LogP contribution in [0.3, 0.4) is 0 Å². The Labute approximate surface area is 141 Å². The van der Waals surface area contributed by atoms with E-state index in [4.69, 9.17) is 5.73 Å². The van der Waals surface area contributed by atoms with Gasteiger partial charge in [-0.3, -0.25) is 9.59 Å². The summed E-state index contributed by atoms with van der Waals surface area (Å²) in [6.07, 6.45) is 0. The molecule has 0 aliphatic rings. The van der Waals surface area contributed by atoms with Gasteiger partial charge in [0.05, 0.1) is 11.3 Å². The minimum Gasteiger partial charge on any atom is -0.366 e. The molecule has 0 aliphatic carbocycles. The van der Waals surface area contributed by atoms with Crippen LogP contribution in [-0.4, -0.2) is 17.6 Å². The van der Waals surface area contributed by atoms with Crippen molar-refractivity contribution in [3.8, 4) is 0 Å². The maximum atomic E-state index is 12.0. The second-order valence-electron chi connectivity index (χ2n) is 4.87. The molecule has 23 heavy (non-hydrogen) atoms. The smallest absolute Gasteiger partial charge is 0.251 e. The Bertz CT molecular complexity index is 874. The predicted molar refractivity (Wildman–Crippen MR) is 96.1 cm³/mol. The summed E-state index contributed by atoms with van der Waals surface area (Å²) in [6, 6.07) is 15.8. The summed E-state index contributed by atoms with van der Waals surface area (Å²) in [5, 5.41) is 7.28.